The first kappa shape index (κ1) is 19.8. The van der Waals surface area contributed by atoms with E-state index in [0.717, 1.165) is 10.6 Å². The molecule has 7 heteroatoms. The van der Waals surface area contributed by atoms with Gasteiger partial charge in [-0.25, -0.2) is 9.37 Å². The Balaban J connectivity index is 1.76. The number of halogens is 1. The fourth-order valence-electron chi connectivity index (χ4n) is 2.64. The van der Waals surface area contributed by atoms with E-state index < -0.39 is 5.82 Å². The number of rotatable bonds is 8. The highest BCUT2D eigenvalue weighted by atomic mass is 32.1. The minimum atomic E-state index is -0.474. The van der Waals surface area contributed by atoms with Crippen LogP contribution in [0.15, 0.2) is 41.8 Å². The fourth-order valence-corrected chi connectivity index (χ4v) is 3.44. The zero-order valence-electron chi connectivity index (χ0n) is 15.8. The Hall–Kier alpha value is -2.93. The summed E-state index contributed by atoms with van der Waals surface area (Å²) in [4.78, 5) is 16.2. The number of aromatic nitrogens is 1. The van der Waals surface area contributed by atoms with Crippen molar-refractivity contribution in [3.8, 4) is 27.8 Å². The van der Waals surface area contributed by atoms with Gasteiger partial charge in [-0.3, -0.25) is 4.79 Å². The number of ketones is 1. The first-order valence-corrected chi connectivity index (χ1v) is 9.58. The molecule has 0 aliphatic carbocycles. The third-order valence-electron chi connectivity index (χ3n) is 3.96. The SMILES string of the molecule is CCOc1ccc(-c2nc(COc3ccc(F)cc3C(C)=O)cs2)cc1OC. The van der Waals surface area contributed by atoms with Gasteiger partial charge in [0.05, 0.1) is 25.0 Å². The Morgan fingerprint density at radius 2 is 1.89 bits per heavy atom. The third kappa shape index (κ3) is 4.48. The Bertz CT molecular complexity index is 986. The molecular formula is C21H20FNO4S. The van der Waals surface area contributed by atoms with Gasteiger partial charge in [-0.05, 0) is 50.2 Å². The van der Waals surface area contributed by atoms with Crippen LogP contribution >= 0.6 is 11.3 Å². The normalized spacial score (nSPS) is 10.6. The molecule has 3 rings (SSSR count). The van der Waals surface area contributed by atoms with Crippen molar-refractivity contribution in [1.82, 2.24) is 4.98 Å². The largest absolute Gasteiger partial charge is 0.493 e. The van der Waals surface area contributed by atoms with E-state index in [-0.39, 0.29) is 18.0 Å². The van der Waals surface area contributed by atoms with Crippen LogP contribution in [0.4, 0.5) is 4.39 Å². The molecule has 1 aromatic heterocycles. The van der Waals surface area contributed by atoms with Crippen molar-refractivity contribution in [2.24, 2.45) is 0 Å². The van der Waals surface area contributed by atoms with Crippen molar-refractivity contribution in [1.29, 1.82) is 0 Å². The molecule has 2 aromatic carbocycles. The number of carbonyl (C=O) groups is 1. The highest BCUT2D eigenvalue weighted by molar-refractivity contribution is 7.13. The van der Waals surface area contributed by atoms with Gasteiger partial charge in [0.25, 0.3) is 0 Å². The molecule has 0 aliphatic rings. The number of Topliss-reactive ketones (excluding diaryl/α,β-unsaturated/α-hetero) is 1. The summed E-state index contributed by atoms with van der Waals surface area (Å²) >= 11 is 1.47. The number of ether oxygens (including phenoxy) is 3. The first-order chi connectivity index (χ1) is 13.5. The fraction of sp³-hybridized carbons (Fsp3) is 0.238. The van der Waals surface area contributed by atoms with E-state index in [2.05, 4.69) is 4.98 Å². The molecule has 1 heterocycles. The van der Waals surface area contributed by atoms with Gasteiger partial charge in [-0.15, -0.1) is 11.3 Å². The van der Waals surface area contributed by atoms with E-state index in [9.17, 15) is 9.18 Å². The molecule has 0 fully saturated rings. The van der Waals surface area contributed by atoms with Crippen LogP contribution in [0.25, 0.3) is 10.6 Å². The smallest absolute Gasteiger partial charge is 0.163 e. The van der Waals surface area contributed by atoms with Crippen LogP contribution in [0.5, 0.6) is 17.2 Å². The first-order valence-electron chi connectivity index (χ1n) is 8.70. The van der Waals surface area contributed by atoms with Crippen LogP contribution in [0.3, 0.4) is 0 Å². The topological polar surface area (TPSA) is 57.7 Å². The number of hydrogen-bond donors (Lipinski definition) is 0. The molecule has 0 saturated heterocycles. The Morgan fingerprint density at radius 1 is 1.11 bits per heavy atom. The Morgan fingerprint density at radius 3 is 2.61 bits per heavy atom. The zero-order chi connectivity index (χ0) is 20.1. The summed E-state index contributed by atoms with van der Waals surface area (Å²) in [5.74, 6) is 0.936. The summed E-state index contributed by atoms with van der Waals surface area (Å²) < 4.78 is 30.0. The van der Waals surface area contributed by atoms with E-state index in [0.29, 0.717) is 29.5 Å². The van der Waals surface area contributed by atoms with Crippen LogP contribution in [-0.2, 0) is 6.61 Å². The second kappa shape index (κ2) is 8.84. The van der Waals surface area contributed by atoms with Gasteiger partial charge in [0.2, 0.25) is 0 Å². The van der Waals surface area contributed by atoms with Crippen molar-refractivity contribution >= 4 is 17.1 Å². The van der Waals surface area contributed by atoms with Crippen LogP contribution in [-0.4, -0.2) is 24.5 Å². The monoisotopic (exact) mass is 401 g/mol. The molecule has 0 N–H and O–H groups in total. The van der Waals surface area contributed by atoms with Gasteiger partial charge in [-0.2, -0.15) is 0 Å². The minimum Gasteiger partial charge on any atom is -0.493 e. The van der Waals surface area contributed by atoms with Crippen LogP contribution in [0.2, 0.25) is 0 Å². The van der Waals surface area contributed by atoms with Gasteiger partial charge in [0, 0.05) is 10.9 Å². The standard InChI is InChI=1S/C21H20FNO4S/c1-4-26-19-7-5-14(9-20(19)25-3)21-23-16(12-28-21)11-27-18-8-6-15(22)10-17(18)13(2)24/h5-10,12H,4,11H2,1-3H3. The van der Waals surface area contributed by atoms with Crippen molar-refractivity contribution in [2.75, 3.05) is 13.7 Å². The molecule has 146 valence electrons. The highest BCUT2D eigenvalue weighted by Gasteiger charge is 2.13. The summed E-state index contributed by atoms with van der Waals surface area (Å²) in [7, 11) is 1.60. The lowest BCUT2D eigenvalue weighted by Gasteiger charge is -2.10. The molecular weight excluding hydrogens is 381 g/mol. The van der Waals surface area contributed by atoms with Gasteiger partial charge < -0.3 is 14.2 Å². The van der Waals surface area contributed by atoms with Gasteiger partial charge in [0.15, 0.2) is 17.3 Å². The molecule has 3 aromatic rings. The molecule has 0 amide bonds. The molecule has 0 saturated carbocycles. The summed E-state index contributed by atoms with van der Waals surface area (Å²) in [6.07, 6.45) is 0. The summed E-state index contributed by atoms with van der Waals surface area (Å²) in [5.41, 5.74) is 1.83. The number of hydrogen-bond acceptors (Lipinski definition) is 6. The van der Waals surface area contributed by atoms with Crippen LogP contribution in [0.1, 0.15) is 29.9 Å². The van der Waals surface area contributed by atoms with Crippen molar-refractivity contribution < 1.29 is 23.4 Å². The second-order valence-corrected chi connectivity index (χ2v) is 6.79. The molecule has 0 unspecified atom stereocenters. The average molecular weight is 401 g/mol. The molecule has 0 bridgehead atoms. The third-order valence-corrected chi connectivity index (χ3v) is 4.90. The lowest BCUT2D eigenvalue weighted by Crippen LogP contribution is -2.02. The maximum atomic E-state index is 13.4. The molecule has 28 heavy (non-hydrogen) atoms. The number of thiazole rings is 1. The lowest BCUT2D eigenvalue weighted by molar-refractivity contribution is 0.101. The molecule has 0 spiro atoms. The average Bonchev–Trinajstić information content (AvgIpc) is 3.16. The molecule has 5 nitrogen and oxygen atoms in total. The van der Waals surface area contributed by atoms with Crippen LogP contribution < -0.4 is 14.2 Å². The predicted molar refractivity (Wildman–Crippen MR) is 106 cm³/mol. The summed E-state index contributed by atoms with van der Waals surface area (Å²) in [6.45, 7) is 4.03. The van der Waals surface area contributed by atoms with Gasteiger partial charge in [-0.1, -0.05) is 0 Å². The van der Waals surface area contributed by atoms with Gasteiger partial charge in [0.1, 0.15) is 23.2 Å². The van der Waals surface area contributed by atoms with Gasteiger partial charge >= 0.3 is 0 Å². The summed E-state index contributed by atoms with van der Waals surface area (Å²) in [5, 5.41) is 2.70. The second-order valence-electron chi connectivity index (χ2n) is 5.93. The maximum Gasteiger partial charge on any atom is 0.163 e. The van der Waals surface area contributed by atoms with Crippen molar-refractivity contribution in [3.05, 3.63) is 58.9 Å². The maximum absolute atomic E-state index is 13.4. The molecule has 0 atom stereocenters. The molecule has 0 radical (unpaired) electrons. The number of nitrogens with zero attached hydrogens (tertiary/aromatic N) is 1. The number of methoxy groups -OCH3 is 1. The quantitative estimate of drug-likeness (QED) is 0.489. The van der Waals surface area contributed by atoms with E-state index in [1.165, 1.54) is 36.5 Å². The Kier molecular flexibility index (Phi) is 6.26. The molecule has 0 aliphatic heterocycles. The number of carbonyl (C=O) groups excluding carboxylic acids is 1. The van der Waals surface area contributed by atoms with Crippen LogP contribution in [0, 0.1) is 5.82 Å². The number of benzene rings is 2. The zero-order valence-corrected chi connectivity index (χ0v) is 16.6. The highest BCUT2D eigenvalue weighted by Crippen LogP contribution is 2.34. The van der Waals surface area contributed by atoms with E-state index in [1.807, 2.05) is 30.5 Å². The van der Waals surface area contributed by atoms with E-state index in [1.54, 1.807) is 7.11 Å². The Labute approximate surface area is 166 Å². The van der Waals surface area contributed by atoms with Crippen molar-refractivity contribution in [3.63, 3.8) is 0 Å². The van der Waals surface area contributed by atoms with E-state index >= 15 is 0 Å². The van der Waals surface area contributed by atoms with E-state index in [4.69, 9.17) is 14.2 Å². The predicted octanol–water partition coefficient (Wildman–Crippen LogP) is 5.14. The van der Waals surface area contributed by atoms with Crippen molar-refractivity contribution in [2.45, 2.75) is 20.5 Å². The summed E-state index contributed by atoms with van der Waals surface area (Å²) in [6, 6.07) is 9.55. The minimum absolute atomic E-state index is 0.177. The lowest BCUT2D eigenvalue weighted by atomic mass is 10.1.